The second-order valence-electron chi connectivity index (χ2n) is 0. The molecule has 0 nitrogen and oxygen atoms in total. The fourth-order valence-electron chi connectivity index (χ4n) is 0. The quantitative estimate of drug-likeness (QED) is 0.472. The smallest absolute Gasteiger partial charge is 0 e. The summed E-state index contributed by atoms with van der Waals surface area (Å²) in [7, 11) is 0. The third-order valence-corrected chi connectivity index (χ3v) is 0. The Kier molecular flexibility index (Phi) is 150. The minimum absolute atomic E-state index is 0. The summed E-state index contributed by atoms with van der Waals surface area (Å²) in [6.07, 6.45) is 0. The van der Waals surface area contributed by atoms with Crippen LogP contribution < -0.4 is 0 Å². The Morgan fingerprint density at radius 2 is 1.00 bits per heavy atom. The van der Waals surface area contributed by atoms with Crippen molar-refractivity contribution >= 4 is 57.5 Å². The summed E-state index contributed by atoms with van der Waals surface area (Å²) in [6, 6.07) is 0. The molecule has 0 aliphatic heterocycles. The van der Waals surface area contributed by atoms with Crippen molar-refractivity contribution < 1.29 is 92.4 Å². The molecule has 0 aromatic rings. The van der Waals surface area contributed by atoms with E-state index in [0.29, 0.717) is 0 Å². The van der Waals surface area contributed by atoms with E-state index in [1.807, 2.05) is 0 Å². The Labute approximate surface area is 145 Å². The molecular formula is CaGaScSmZr. The van der Waals surface area contributed by atoms with Gasteiger partial charge in [-0.3, -0.25) is 0 Å². The van der Waals surface area contributed by atoms with E-state index in [1.54, 1.807) is 0 Å². The molecule has 0 spiro atoms. The molecule has 0 fully saturated rings. The molecule has 5 heteroatoms. The second-order valence-corrected chi connectivity index (χ2v) is 0. The van der Waals surface area contributed by atoms with E-state index >= 15 is 0 Å². The van der Waals surface area contributed by atoms with Crippen LogP contribution in [0, 0.1) is 40.4 Å². The van der Waals surface area contributed by atoms with Gasteiger partial charge in [0.15, 0.2) is 0 Å². The SMILES string of the molecule is [Ca].[Ga].[Sc].[Sm].[Zr]. The first-order chi connectivity index (χ1) is 0. The average Bonchev–Trinajstić information content (AvgIpc) is 0. The largest absolute Gasteiger partial charge is 0 e. The topological polar surface area (TPSA) is 0 Å². The van der Waals surface area contributed by atoms with Gasteiger partial charge in [0.25, 0.3) is 0 Å². The number of rotatable bonds is 0. The van der Waals surface area contributed by atoms with Crippen LogP contribution in [0.5, 0.6) is 0 Å². The van der Waals surface area contributed by atoms with Gasteiger partial charge in [0.1, 0.15) is 0 Å². The molecule has 0 amide bonds. The Morgan fingerprint density at radius 1 is 1.00 bits per heavy atom. The molecule has 18 valence electrons. The van der Waals surface area contributed by atoms with E-state index < -0.39 is 0 Å². The first-order valence-electron chi connectivity index (χ1n) is 0. The molecule has 0 aromatic heterocycles. The van der Waals surface area contributed by atoms with Crippen LogP contribution in [0.25, 0.3) is 0 Å². The number of hydrogen-bond acceptors (Lipinski definition) is 0. The van der Waals surface area contributed by atoms with Crippen molar-refractivity contribution in [3.63, 3.8) is 0 Å². The average molecular weight is 396 g/mol. The van der Waals surface area contributed by atoms with Gasteiger partial charge in [0.2, 0.25) is 0 Å². The monoisotopic (exact) mass is 396 g/mol. The van der Waals surface area contributed by atoms with Gasteiger partial charge in [0, 0.05) is 150 Å². The van der Waals surface area contributed by atoms with E-state index in [1.165, 1.54) is 0 Å². The summed E-state index contributed by atoms with van der Waals surface area (Å²) in [5.41, 5.74) is 0. The third-order valence-electron chi connectivity index (χ3n) is 0. The molecule has 0 heterocycles. The van der Waals surface area contributed by atoms with Crippen molar-refractivity contribution in [3.05, 3.63) is 0 Å². The summed E-state index contributed by atoms with van der Waals surface area (Å²) in [6.45, 7) is 0. The Bertz CT molecular complexity index is 11.6. The Hall–Kier alpha value is 4.99. The van der Waals surface area contributed by atoms with Crippen LogP contribution in [0.1, 0.15) is 0 Å². The van der Waals surface area contributed by atoms with Crippen molar-refractivity contribution in [1.29, 1.82) is 0 Å². The van der Waals surface area contributed by atoms with Gasteiger partial charge in [-0.05, 0) is 0 Å². The molecule has 0 aromatic carbocycles. The molecular weight excluding hydrogens is 396 g/mol. The van der Waals surface area contributed by atoms with Gasteiger partial charge in [-0.2, -0.15) is 0 Å². The summed E-state index contributed by atoms with van der Waals surface area (Å²) >= 11 is 0. The standard InChI is InChI=1S/Ca.Ga.Sc.Sm.Zr. The van der Waals surface area contributed by atoms with Crippen LogP contribution in [0.2, 0.25) is 0 Å². The third kappa shape index (κ3) is 17.6. The maximum Gasteiger partial charge on any atom is 0 e. The number of hydrogen-bond donors (Lipinski definition) is 0. The zero-order chi connectivity index (χ0) is 0. The fourth-order valence-corrected chi connectivity index (χ4v) is 0. The van der Waals surface area contributed by atoms with Crippen LogP contribution in [0.15, 0.2) is 0 Å². The van der Waals surface area contributed by atoms with Crippen LogP contribution in [-0.4, -0.2) is 57.5 Å². The maximum atomic E-state index is 0. The van der Waals surface area contributed by atoms with Gasteiger partial charge in [-0.1, -0.05) is 0 Å². The molecule has 0 rings (SSSR count). The second kappa shape index (κ2) is 23.1. The molecule has 0 unspecified atom stereocenters. The Balaban J connectivity index is 0. The minimum atomic E-state index is 0. The molecule has 0 saturated carbocycles. The first-order valence-corrected chi connectivity index (χ1v) is 0. The van der Waals surface area contributed by atoms with Crippen molar-refractivity contribution in [3.8, 4) is 0 Å². The van der Waals surface area contributed by atoms with Crippen molar-refractivity contribution in [2.45, 2.75) is 0 Å². The van der Waals surface area contributed by atoms with E-state index in [4.69, 9.17) is 0 Å². The molecule has 0 N–H and O–H groups in total. The van der Waals surface area contributed by atoms with Crippen molar-refractivity contribution in [1.82, 2.24) is 0 Å². The van der Waals surface area contributed by atoms with Gasteiger partial charge in [-0.25, -0.2) is 0 Å². The normalized spacial score (nSPS) is 0. The summed E-state index contributed by atoms with van der Waals surface area (Å²) in [4.78, 5) is 0. The molecule has 0 saturated heterocycles. The molecule has 0 aliphatic rings. The van der Waals surface area contributed by atoms with Gasteiger partial charge < -0.3 is 0 Å². The van der Waals surface area contributed by atoms with E-state index in [-0.39, 0.29) is 150 Å². The first kappa shape index (κ1) is 32.4. The zero-order valence-electron chi connectivity index (χ0n) is 2.77. The van der Waals surface area contributed by atoms with E-state index in [2.05, 4.69) is 0 Å². The molecule has 0 atom stereocenters. The maximum absolute atomic E-state index is 0. The van der Waals surface area contributed by atoms with Crippen LogP contribution in [0.3, 0.4) is 0 Å². The van der Waals surface area contributed by atoms with Gasteiger partial charge in [0.05, 0.1) is 0 Å². The molecule has 0 aliphatic carbocycles. The van der Waals surface area contributed by atoms with Crippen molar-refractivity contribution in [2.75, 3.05) is 0 Å². The zero-order valence-corrected chi connectivity index (χ0v) is 14.3. The minimum Gasteiger partial charge on any atom is 0 e. The van der Waals surface area contributed by atoms with Crippen molar-refractivity contribution in [2.24, 2.45) is 0 Å². The molecule has 0 bridgehead atoms. The summed E-state index contributed by atoms with van der Waals surface area (Å²) in [5, 5.41) is 0. The fraction of sp³-hybridized carbons (Fsp3) is 0. The van der Waals surface area contributed by atoms with Crippen LogP contribution >= 0.6 is 0 Å². The van der Waals surface area contributed by atoms with Gasteiger partial charge in [-0.15, -0.1) is 0 Å². The van der Waals surface area contributed by atoms with Crippen LogP contribution in [0.4, 0.5) is 0 Å². The molecule has 6 radical (unpaired) electrons. The Morgan fingerprint density at radius 3 is 1.00 bits per heavy atom. The molecule has 5 heavy (non-hydrogen) atoms. The van der Waals surface area contributed by atoms with E-state index in [0.717, 1.165) is 0 Å². The summed E-state index contributed by atoms with van der Waals surface area (Å²) < 4.78 is 0. The van der Waals surface area contributed by atoms with E-state index in [9.17, 15) is 0 Å². The van der Waals surface area contributed by atoms with Gasteiger partial charge >= 0.3 is 0 Å². The summed E-state index contributed by atoms with van der Waals surface area (Å²) in [5.74, 6) is 0. The predicted octanol–water partition coefficient (Wildman–Crippen LogP) is -0.767. The predicted molar refractivity (Wildman–Crippen MR) is 11.5 cm³/mol. The van der Waals surface area contributed by atoms with Crippen LogP contribution in [-0.2, 0) is 52.0 Å².